The molecule has 0 radical (unpaired) electrons. The Hall–Kier alpha value is -5.31. The van der Waals surface area contributed by atoms with E-state index >= 15 is 0 Å². The number of aromatic nitrogens is 1. The molecule has 36 heavy (non-hydrogen) atoms. The predicted molar refractivity (Wildman–Crippen MR) is 129 cm³/mol. The highest BCUT2D eigenvalue weighted by Gasteiger charge is 2.37. The maximum Gasteiger partial charge on any atom is 0.348 e. The second-order valence-corrected chi connectivity index (χ2v) is 8.24. The molecule has 0 fully saturated rings. The number of H-pyrrole nitrogens is 1. The minimum absolute atomic E-state index is 0.0105. The van der Waals surface area contributed by atoms with Gasteiger partial charge in [0.25, 0.3) is 5.69 Å². The third-order valence-corrected chi connectivity index (χ3v) is 6.27. The minimum atomic E-state index is -0.907. The number of nitro benzene ring substituents is 1. The van der Waals surface area contributed by atoms with Gasteiger partial charge in [-0.1, -0.05) is 36.4 Å². The largest absolute Gasteiger partial charge is 0.506 e. The van der Waals surface area contributed by atoms with Crippen LogP contribution in [0.3, 0.4) is 0 Å². The zero-order chi connectivity index (χ0) is 25.1. The van der Waals surface area contributed by atoms with E-state index < -0.39 is 27.9 Å². The fraction of sp³-hybridized carbons (Fsp3) is 0. The average Bonchev–Trinajstić information content (AvgIpc) is 3.28. The molecule has 3 aromatic carbocycles. The summed E-state index contributed by atoms with van der Waals surface area (Å²) in [5.41, 5.74) is -0.452. The highest BCUT2D eigenvalue weighted by molar-refractivity contribution is 6.31. The van der Waals surface area contributed by atoms with E-state index in [9.17, 15) is 29.6 Å². The number of nitrogens with one attached hydrogen (secondary N) is 1. The van der Waals surface area contributed by atoms with Gasteiger partial charge in [-0.05, 0) is 29.8 Å². The van der Waals surface area contributed by atoms with Crippen LogP contribution < -0.4 is 5.63 Å². The van der Waals surface area contributed by atoms with Crippen LogP contribution >= 0.6 is 0 Å². The molecule has 0 unspecified atom stereocenters. The third kappa shape index (κ3) is 2.93. The van der Waals surface area contributed by atoms with Crippen molar-refractivity contribution in [2.24, 2.45) is 0 Å². The summed E-state index contributed by atoms with van der Waals surface area (Å²) in [5, 5.41) is 22.6. The molecule has 0 atom stereocenters. The van der Waals surface area contributed by atoms with Crippen molar-refractivity contribution < 1.29 is 24.0 Å². The van der Waals surface area contributed by atoms with E-state index in [0.717, 1.165) is 0 Å². The summed E-state index contributed by atoms with van der Waals surface area (Å²) in [6.07, 6.45) is 0. The van der Waals surface area contributed by atoms with E-state index in [4.69, 9.17) is 4.42 Å². The van der Waals surface area contributed by atoms with Crippen molar-refractivity contribution in [3.05, 3.63) is 116 Å². The lowest BCUT2D eigenvalue weighted by Crippen LogP contribution is -2.21. The molecular formula is C27H14N2O7. The number of non-ortho nitro benzene ring substituents is 1. The summed E-state index contributed by atoms with van der Waals surface area (Å²) < 4.78 is 5.45. The Balaban J connectivity index is 1.72. The number of carbonyl (C=O) groups excluding carboxylic acids is 2. The summed E-state index contributed by atoms with van der Waals surface area (Å²) in [6.45, 7) is 0. The topological polar surface area (TPSA) is 144 Å². The van der Waals surface area contributed by atoms with Crippen molar-refractivity contribution in [2.45, 2.75) is 0 Å². The highest BCUT2D eigenvalue weighted by atomic mass is 16.6. The Kier molecular flexibility index (Phi) is 4.49. The van der Waals surface area contributed by atoms with Gasteiger partial charge in [-0.3, -0.25) is 19.7 Å². The molecule has 0 aliphatic heterocycles. The first-order chi connectivity index (χ1) is 17.4. The van der Waals surface area contributed by atoms with E-state index in [1.165, 1.54) is 42.5 Å². The average molecular weight is 478 g/mol. The lowest BCUT2D eigenvalue weighted by Gasteiger charge is -2.15. The Bertz CT molecular complexity index is 1830. The molecule has 2 N–H and O–H groups in total. The van der Waals surface area contributed by atoms with Gasteiger partial charge in [-0.25, -0.2) is 4.79 Å². The molecule has 0 amide bonds. The molecule has 2 heterocycles. The first-order valence-corrected chi connectivity index (χ1v) is 10.8. The van der Waals surface area contributed by atoms with Gasteiger partial charge in [0, 0.05) is 28.8 Å². The van der Waals surface area contributed by atoms with Crippen LogP contribution in [-0.4, -0.2) is 26.6 Å². The predicted octanol–water partition coefficient (Wildman–Crippen LogP) is 4.84. The van der Waals surface area contributed by atoms with Crippen LogP contribution in [0.2, 0.25) is 0 Å². The van der Waals surface area contributed by atoms with Crippen molar-refractivity contribution >= 4 is 28.2 Å². The molecule has 5 aromatic rings. The summed E-state index contributed by atoms with van der Waals surface area (Å²) >= 11 is 0. The van der Waals surface area contributed by atoms with Gasteiger partial charge in [0.05, 0.1) is 27.3 Å². The van der Waals surface area contributed by atoms with Crippen molar-refractivity contribution in [3.8, 4) is 28.1 Å². The molecule has 2 aromatic heterocycles. The summed E-state index contributed by atoms with van der Waals surface area (Å²) in [5.74, 6) is -1.38. The lowest BCUT2D eigenvalue weighted by atomic mass is 9.84. The molecule has 9 nitrogen and oxygen atoms in total. The van der Waals surface area contributed by atoms with Crippen molar-refractivity contribution in [1.29, 1.82) is 0 Å². The van der Waals surface area contributed by atoms with Gasteiger partial charge in [0.1, 0.15) is 16.9 Å². The van der Waals surface area contributed by atoms with E-state index in [1.807, 2.05) is 0 Å². The van der Waals surface area contributed by atoms with Crippen LogP contribution in [0.1, 0.15) is 32.0 Å². The molecule has 0 saturated heterocycles. The van der Waals surface area contributed by atoms with E-state index in [2.05, 4.69) is 4.98 Å². The highest BCUT2D eigenvalue weighted by Crippen LogP contribution is 2.44. The Morgan fingerprint density at radius 1 is 0.750 bits per heavy atom. The molecule has 0 bridgehead atoms. The number of rotatable bonds is 3. The number of hydrogen-bond donors (Lipinski definition) is 2. The molecular weight excluding hydrogens is 464 g/mol. The lowest BCUT2D eigenvalue weighted by molar-refractivity contribution is -0.384. The summed E-state index contributed by atoms with van der Waals surface area (Å²) in [7, 11) is 0. The number of carbonyl (C=O) groups is 2. The van der Waals surface area contributed by atoms with Gasteiger partial charge < -0.3 is 14.5 Å². The van der Waals surface area contributed by atoms with E-state index in [1.54, 1.807) is 30.3 Å². The smallest absolute Gasteiger partial charge is 0.348 e. The SMILES string of the molecule is O=C1c2ccccc2C(=O)c2c1[nH]c(-c1ccc([N+](=O)[O-])cc1)c2-c1c(O)c2ccccc2oc1=O. The Labute approximate surface area is 201 Å². The summed E-state index contributed by atoms with van der Waals surface area (Å²) in [4.78, 5) is 53.7. The number of aromatic hydroxyl groups is 1. The number of para-hydroxylation sites is 1. The van der Waals surface area contributed by atoms with Crippen LogP contribution in [0, 0.1) is 10.1 Å². The van der Waals surface area contributed by atoms with Gasteiger partial charge in [-0.2, -0.15) is 0 Å². The molecule has 9 heteroatoms. The van der Waals surface area contributed by atoms with Gasteiger partial charge in [0.2, 0.25) is 5.78 Å². The van der Waals surface area contributed by atoms with E-state index in [0.29, 0.717) is 5.56 Å². The van der Waals surface area contributed by atoms with Gasteiger partial charge in [0.15, 0.2) is 5.78 Å². The zero-order valence-electron chi connectivity index (χ0n) is 18.3. The van der Waals surface area contributed by atoms with Crippen molar-refractivity contribution in [3.63, 3.8) is 0 Å². The first kappa shape index (κ1) is 21.2. The second kappa shape index (κ2) is 7.60. The van der Waals surface area contributed by atoms with Crippen LogP contribution in [0.15, 0.2) is 82.0 Å². The third-order valence-electron chi connectivity index (χ3n) is 6.27. The molecule has 1 aliphatic carbocycles. The monoisotopic (exact) mass is 478 g/mol. The molecule has 1 aliphatic rings. The Morgan fingerprint density at radius 3 is 2.08 bits per heavy atom. The maximum atomic E-state index is 13.6. The van der Waals surface area contributed by atoms with Crippen LogP contribution in [-0.2, 0) is 0 Å². The number of benzene rings is 3. The number of hydrogen-bond acceptors (Lipinski definition) is 7. The second-order valence-electron chi connectivity index (χ2n) is 8.24. The fourth-order valence-corrected chi connectivity index (χ4v) is 4.62. The number of nitro groups is 1. The molecule has 0 spiro atoms. The zero-order valence-corrected chi connectivity index (χ0v) is 18.3. The standard InChI is InChI=1S/C27H14N2O7/c30-24-15-5-1-2-6-16(15)26(32)23-20(24)19(22(28-23)13-9-11-14(12-10-13)29(34)35)21-25(31)17-7-3-4-8-18(17)36-27(21)33/h1-12,28,31H. The molecule has 6 rings (SSSR count). The van der Waals surface area contributed by atoms with Crippen molar-refractivity contribution in [2.75, 3.05) is 0 Å². The maximum absolute atomic E-state index is 13.6. The van der Waals surface area contributed by atoms with Gasteiger partial charge >= 0.3 is 5.63 Å². The van der Waals surface area contributed by atoms with Crippen LogP contribution in [0.25, 0.3) is 33.4 Å². The minimum Gasteiger partial charge on any atom is -0.506 e. The van der Waals surface area contributed by atoms with Crippen LogP contribution in [0.4, 0.5) is 5.69 Å². The quantitative estimate of drug-likeness (QED) is 0.210. The first-order valence-electron chi connectivity index (χ1n) is 10.8. The van der Waals surface area contributed by atoms with Gasteiger partial charge in [-0.15, -0.1) is 0 Å². The number of fused-ring (bicyclic) bond motifs is 3. The number of aromatic amines is 1. The van der Waals surface area contributed by atoms with E-state index in [-0.39, 0.29) is 55.9 Å². The molecule has 0 saturated carbocycles. The van der Waals surface area contributed by atoms with Crippen molar-refractivity contribution in [1.82, 2.24) is 4.98 Å². The molecule has 174 valence electrons. The summed E-state index contributed by atoms with van der Waals surface area (Å²) in [6, 6.07) is 18.1. The normalized spacial score (nSPS) is 12.4. The van der Waals surface area contributed by atoms with Crippen LogP contribution in [0.5, 0.6) is 5.75 Å². The Morgan fingerprint density at radius 2 is 1.39 bits per heavy atom. The number of ketones is 2. The fourth-order valence-electron chi connectivity index (χ4n) is 4.62. The number of nitrogens with zero attached hydrogens (tertiary/aromatic N) is 1.